The summed E-state index contributed by atoms with van der Waals surface area (Å²) in [5.41, 5.74) is 2.06. The van der Waals surface area contributed by atoms with E-state index in [1.165, 1.54) is 12.8 Å². The van der Waals surface area contributed by atoms with Crippen molar-refractivity contribution in [1.82, 2.24) is 10.2 Å². The second-order valence-corrected chi connectivity index (χ2v) is 8.20. The molecule has 5 nitrogen and oxygen atoms in total. The van der Waals surface area contributed by atoms with Crippen LogP contribution in [0.1, 0.15) is 30.4 Å². The van der Waals surface area contributed by atoms with Crippen LogP contribution in [0.4, 0.5) is 5.69 Å². The summed E-state index contributed by atoms with van der Waals surface area (Å²) in [7, 11) is 1.80. The van der Waals surface area contributed by atoms with Crippen LogP contribution in [0.25, 0.3) is 0 Å². The van der Waals surface area contributed by atoms with Crippen molar-refractivity contribution in [1.29, 1.82) is 0 Å². The number of nitrogens with zero attached hydrogens (tertiary/aromatic N) is 2. The predicted octanol–water partition coefficient (Wildman–Crippen LogP) is 2.75. The van der Waals surface area contributed by atoms with Gasteiger partial charge in [-0.05, 0) is 49.5 Å². The molecule has 2 amide bonds. The van der Waals surface area contributed by atoms with Gasteiger partial charge in [-0.25, -0.2) is 0 Å². The summed E-state index contributed by atoms with van der Waals surface area (Å²) in [4.78, 5) is 30.5. The highest BCUT2D eigenvalue weighted by Crippen LogP contribution is 2.45. The van der Waals surface area contributed by atoms with E-state index in [1.807, 2.05) is 54.6 Å². The van der Waals surface area contributed by atoms with Crippen LogP contribution in [0.5, 0.6) is 0 Å². The molecule has 0 bridgehead atoms. The minimum Gasteiger partial charge on any atom is -0.355 e. The average Bonchev–Trinajstić information content (AvgIpc) is 3.32. The Morgan fingerprint density at radius 2 is 1.72 bits per heavy atom. The van der Waals surface area contributed by atoms with Crippen molar-refractivity contribution in [3.63, 3.8) is 0 Å². The minimum absolute atomic E-state index is 0.00255. The van der Waals surface area contributed by atoms with Gasteiger partial charge in [0, 0.05) is 32.2 Å². The molecule has 0 spiro atoms. The van der Waals surface area contributed by atoms with Gasteiger partial charge in [0.2, 0.25) is 11.8 Å². The third-order valence-electron chi connectivity index (χ3n) is 6.25. The molecule has 0 radical (unpaired) electrons. The Kier molecular flexibility index (Phi) is 5.67. The van der Waals surface area contributed by atoms with E-state index < -0.39 is 5.41 Å². The summed E-state index contributed by atoms with van der Waals surface area (Å²) < 4.78 is 0. The van der Waals surface area contributed by atoms with Crippen LogP contribution in [0.15, 0.2) is 54.6 Å². The third-order valence-corrected chi connectivity index (χ3v) is 6.25. The van der Waals surface area contributed by atoms with Crippen molar-refractivity contribution in [2.75, 3.05) is 38.1 Å². The summed E-state index contributed by atoms with van der Waals surface area (Å²) in [6.07, 6.45) is 3.17. The summed E-state index contributed by atoms with van der Waals surface area (Å²) in [6, 6.07) is 17.8. The zero-order chi connectivity index (χ0) is 20.3. The number of benzene rings is 2. The van der Waals surface area contributed by atoms with E-state index in [4.69, 9.17) is 0 Å². The average molecular weight is 392 g/mol. The summed E-state index contributed by atoms with van der Waals surface area (Å²) in [6.45, 7) is 3.74. The number of hydrogen-bond acceptors (Lipinski definition) is 3. The van der Waals surface area contributed by atoms with Crippen molar-refractivity contribution in [2.24, 2.45) is 0 Å². The predicted molar refractivity (Wildman–Crippen MR) is 115 cm³/mol. The molecule has 4 rings (SSSR count). The lowest BCUT2D eigenvalue weighted by atomic mass is 9.73. The molecular weight excluding hydrogens is 362 g/mol. The molecule has 1 fully saturated rings. The van der Waals surface area contributed by atoms with E-state index in [0.29, 0.717) is 13.0 Å². The first kappa shape index (κ1) is 19.6. The fourth-order valence-corrected chi connectivity index (χ4v) is 4.76. The second-order valence-electron chi connectivity index (χ2n) is 8.20. The molecule has 0 aromatic heterocycles. The van der Waals surface area contributed by atoms with Gasteiger partial charge in [0.1, 0.15) is 0 Å². The van der Waals surface area contributed by atoms with Crippen LogP contribution in [-0.2, 0) is 21.4 Å². The highest BCUT2D eigenvalue weighted by molar-refractivity contribution is 6.09. The normalized spacial score (nSPS) is 21.4. The monoisotopic (exact) mass is 391 g/mol. The maximum absolute atomic E-state index is 13.4. The van der Waals surface area contributed by atoms with Gasteiger partial charge in [0.05, 0.1) is 5.41 Å². The fourth-order valence-electron chi connectivity index (χ4n) is 4.76. The molecule has 1 atom stereocenters. The topological polar surface area (TPSA) is 52.7 Å². The molecule has 0 aliphatic carbocycles. The first-order chi connectivity index (χ1) is 14.1. The van der Waals surface area contributed by atoms with Crippen LogP contribution in [0.3, 0.4) is 0 Å². The van der Waals surface area contributed by atoms with Gasteiger partial charge >= 0.3 is 0 Å². The number of amides is 2. The Labute approximate surface area is 172 Å². The van der Waals surface area contributed by atoms with Gasteiger partial charge in [0.15, 0.2) is 0 Å². The molecular formula is C24H29N3O2. The zero-order valence-electron chi connectivity index (χ0n) is 17.1. The van der Waals surface area contributed by atoms with Crippen molar-refractivity contribution in [2.45, 2.75) is 31.1 Å². The van der Waals surface area contributed by atoms with E-state index in [0.717, 1.165) is 36.4 Å². The summed E-state index contributed by atoms with van der Waals surface area (Å²) in [5, 5.41) is 3.06. The van der Waals surface area contributed by atoms with E-state index in [2.05, 4.69) is 10.2 Å². The van der Waals surface area contributed by atoms with Crippen molar-refractivity contribution in [3.8, 4) is 0 Å². The molecule has 2 aromatic carbocycles. The molecule has 2 aromatic rings. The van der Waals surface area contributed by atoms with E-state index >= 15 is 0 Å². The first-order valence-electron chi connectivity index (χ1n) is 10.5. The van der Waals surface area contributed by atoms with Gasteiger partial charge in [0.25, 0.3) is 0 Å². The van der Waals surface area contributed by atoms with Crippen molar-refractivity contribution < 1.29 is 9.59 Å². The SMILES string of the molecule is CN1C(=O)[C@@](CC(=O)NCCN2CCCC2)(Cc2ccccc2)c2ccccc21. The second kappa shape index (κ2) is 8.37. The molecule has 2 aliphatic heterocycles. The Hall–Kier alpha value is -2.66. The molecule has 2 heterocycles. The highest BCUT2D eigenvalue weighted by atomic mass is 16.2. The number of fused-ring (bicyclic) bond motifs is 1. The number of likely N-dealkylation sites (tertiary alicyclic amines) is 1. The molecule has 1 N–H and O–H groups in total. The molecule has 29 heavy (non-hydrogen) atoms. The minimum atomic E-state index is -0.857. The van der Waals surface area contributed by atoms with Gasteiger partial charge in [-0.3, -0.25) is 9.59 Å². The van der Waals surface area contributed by atoms with E-state index in [-0.39, 0.29) is 18.2 Å². The van der Waals surface area contributed by atoms with E-state index in [9.17, 15) is 9.59 Å². The molecule has 1 saturated heterocycles. The van der Waals surface area contributed by atoms with Crippen LogP contribution in [0.2, 0.25) is 0 Å². The van der Waals surface area contributed by atoms with Gasteiger partial charge < -0.3 is 15.1 Å². The Bertz CT molecular complexity index is 877. The van der Waals surface area contributed by atoms with Crippen LogP contribution < -0.4 is 10.2 Å². The summed E-state index contributed by atoms with van der Waals surface area (Å²) in [5.74, 6) is -0.0594. The third kappa shape index (κ3) is 3.92. The van der Waals surface area contributed by atoms with Gasteiger partial charge in [-0.15, -0.1) is 0 Å². The number of anilines is 1. The molecule has 0 saturated carbocycles. The number of likely N-dealkylation sites (N-methyl/N-ethyl adjacent to an activating group) is 1. The van der Waals surface area contributed by atoms with Crippen molar-refractivity contribution >= 4 is 17.5 Å². The number of nitrogens with one attached hydrogen (secondary N) is 1. The fraction of sp³-hybridized carbons (Fsp3) is 0.417. The maximum Gasteiger partial charge on any atom is 0.238 e. The van der Waals surface area contributed by atoms with E-state index in [1.54, 1.807) is 11.9 Å². The lowest BCUT2D eigenvalue weighted by Crippen LogP contribution is -2.45. The largest absolute Gasteiger partial charge is 0.355 e. The first-order valence-corrected chi connectivity index (χ1v) is 10.5. The number of carbonyl (C=O) groups is 2. The quantitative estimate of drug-likeness (QED) is 0.790. The highest BCUT2D eigenvalue weighted by Gasteiger charge is 2.50. The molecule has 0 unspecified atom stereocenters. The number of carbonyl (C=O) groups excluding carboxylic acids is 2. The standard InChI is InChI=1S/C24H29N3O2/c1-26-21-12-6-5-11-20(21)24(23(26)29,17-19-9-3-2-4-10-19)18-22(28)25-13-16-27-14-7-8-15-27/h2-6,9-12H,7-8,13-18H2,1H3,(H,25,28)/t24-/m1/s1. The number of para-hydroxylation sites is 1. The summed E-state index contributed by atoms with van der Waals surface area (Å²) >= 11 is 0. The van der Waals surface area contributed by atoms with Crippen LogP contribution >= 0.6 is 0 Å². The lowest BCUT2D eigenvalue weighted by Gasteiger charge is -2.28. The smallest absolute Gasteiger partial charge is 0.238 e. The molecule has 5 heteroatoms. The van der Waals surface area contributed by atoms with Gasteiger partial charge in [-0.2, -0.15) is 0 Å². The Morgan fingerprint density at radius 1 is 1.03 bits per heavy atom. The molecule has 152 valence electrons. The van der Waals surface area contributed by atoms with Gasteiger partial charge in [-0.1, -0.05) is 48.5 Å². The Morgan fingerprint density at radius 3 is 2.48 bits per heavy atom. The lowest BCUT2D eigenvalue weighted by molar-refractivity contribution is -0.129. The van der Waals surface area contributed by atoms with Crippen LogP contribution in [-0.4, -0.2) is 49.9 Å². The zero-order valence-corrected chi connectivity index (χ0v) is 17.1. The molecule has 2 aliphatic rings. The number of hydrogen-bond donors (Lipinski definition) is 1. The number of rotatable bonds is 7. The Balaban J connectivity index is 1.56. The van der Waals surface area contributed by atoms with Crippen molar-refractivity contribution in [3.05, 3.63) is 65.7 Å². The van der Waals surface area contributed by atoms with Crippen LogP contribution in [0, 0.1) is 0 Å². The maximum atomic E-state index is 13.4.